The topological polar surface area (TPSA) is 131 Å². The molecule has 0 unspecified atom stereocenters. The van der Waals surface area contributed by atoms with E-state index in [9.17, 15) is 24.0 Å². The Morgan fingerprint density at radius 1 is 1.19 bits per heavy atom. The van der Waals surface area contributed by atoms with Gasteiger partial charge in [-0.05, 0) is 43.9 Å². The number of hydrogen-bond donors (Lipinski definition) is 2. The number of Topliss-reactive ketones (excluding diaryl/α,β-unsaturated/α-hetero) is 1. The van der Waals surface area contributed by atoms with Gasteiger partial charge in [0.15, 0.2) is 0 Å². The molecule has 10 nitrogen and oxygen atoms in total. The Morgan fingerprint density at radius 2 is 1.84 bits per heavy atom. The van der Waals surface area contributed by atoms with Crippen molar-refractivity contribution in [2.24, 2.45) is 17.3 Å². The number of likely N-dealkylation sites (tertiary alicyclic amines) is 1. The molecular formula is C26H38BrN3O7. The highest BCUT2D eigenvalue weighted by molar-refractivity contribution is 9.09. The number of methoxy groups -OCH3 is 1. The summed E-state index contributed by atoms with van der Waals surface area (Å²) in [5, 5.41) is 5.58. The van der Waals surface area contributed by atoms with Crippen LogP contribution in [0.4, 0.5) is 4.79 Å². The Hall–Kier alpha value is -2.43. The fraction of sp³-hybridized carbons (Fsp3) is 0.731. The second kappa shape index (κ2) is 11.5. The monoisotopic (exact) mass is 583 g/mol. The van der Waals surface area contributed by atoms with Crippen LogP contribution in [0.1, 0.15) is 59.3 Å². The summed E-state index contributed by atoms with van der Waals surface area (Å²) < 4.78 is 10.4. The van der Waals surface area contributed by atoms with Gasteiger partial charge in [-0.1, -0.05) is 42.8 Å². The zero-order valence-electron chi connectivity index (χ0n) is 22.0. The lowest BCUT2D eigenvalue weighted by molar-refractivity contribution is -0.148. The molecule has 0 spiro atoms. The van der Waals surface area contributed by atoms with Crippen molar-refractivity contribution in [1.29, 1.82) is 0 Å². The van der Waals surface area contributed by atoms with Gasteiger partial charge in [0.2, 0.25) is 11.8 Å². The summed E-state index contributed by atoms with van der Waals surface area (Å²) >= 11 is 3.18. The number of ketones is 1. The third-order valence-corrected chi connectivity index (χ3v) is 8.17. The largest absolute Gasteiger partial charge is 0.467 e. The van der Waals surface area contributed by atoms with Crippen LogP contribution in [0.25, 0.3) is 0 Å². The molecule has 1 heterocycles. The molecule has 37 heavy (non-hydrogen) atoms. The summed E-state index contributed by atoms with van der Waals surface area (Å²) in [4.78, 5) is 66.4. The summed E-state index contributed by atoms with van der Waals surface area (Å²) in [6.07, 6.45) is 4.76. The zero-order chi connectivity index (χ0) is 27.5. The van der Waals surface area contributed by atoms with E-state index in [4.69, 9.17) is 9.47 Å². The molecule has 0 aromatic heterocycles. The molecule has 3 rings (SSSR count). The van der Waals surface area contributed by atoms with Gasteiger partial charge in [-0.2, -0.15) is 0 Å². The van der Waals surface area contributed by atoms with E-state index in [0.717, 1.165) is 25.7 Å². The van der Waals surface area contributed by atoms with Gasteiger partial charge < -0.3 is 25.0 Å². The van der Waals surface area contributed by atoms with Crippen LogP contribution in [-0.2, 0) is 28.7 Å². The number of nitrogens with zero attached hydrogens (tertiary/aromatic N) is 1. The van der Waals surface area contributed by atoms with E-state index in [1.807, 2.05) is 20.8 Å². The van der Waals surface area contributed by atoms with E-state index in [2.05, 4.69) is 33.1 Å². The number of carbonyl (C=O) groups is 5. The number of rotatable bonds is 9. The molecule has 0 radical (unpaired) electrons. The van der Waals surface area contributed by atoms with Gasteiger partial charge in [-0.15, -0.1) is 6.58 Å². The van der Waals surface area contributed by atoms with Gasteiger partial charge in [0.1, 0.15) is 29.5 Å². The normalized spacial score (nSPS) is 28.2. The zero-order valence-corrected chi connectivity index (χ0v) is 23.6. The molecule has 2 aliphatic carbocycles. The molecule has 3 aliphatic rings. The molecule has 0 aromatic carbocycles. The van der Waals surface area contributed by atoms with E-state index < -0.39 is 52.8 Å². The van der Waals surface area contributed by atoms with Crippen LogP contribution < -0.4 is 10.6 Å². The predicted octanol–water partition coefficient (Wildman–Crippen LogP) is 2.48. The maximum absolute atomic E-state index is 13.9. The Kier molecular flexibility index (Phi) is 9.08. The second-order valence-electron chi connectivity index (χ2n) is 11.3. The van der Waals surface area contributed by atoms with Crippen LogP contribution in [0.15, 0.2) is 12.7 Å². The fourth-order valence-electron chi connectivity index (χ4n) is 5.28. The summed E-state index contributed by atoms with van der Waals surface area (Å²) in [6, 6.07) is -1.99. The summed E-state index contributed by atoms with van der Waals surface area (Å²) in [6.45, 7) is 9.17. The molecule has 0 bridgehead atoms. The summed E-state index contributed by atoms with van der Waals surface area (Å²) in [5.74, 6) is -2.60. The minimum atomic E-state index is -1.23. The van der Waals surface area contributed by atoms with Gasteiger partial charge in [-0.25, -0.2) is 9.59 Å². The highest BCUT2D eigenvalue weighted by atomic mass is 79.9. The lowest BCUT2D eigenvalue weighted by Gasteiger charge is -2.35. The van der Waals surface area contributed by atoms with Crippen LogP contribution in [0.5, 0.6) is 0 Å². The van der Waals surface area contributed by atoms with Crippen molar-refractivity contribution in [2.75, 3.05) is 19.0 Å². The molecule has 5 atom stereocenters. The molecule has 2 N–H and O–H groups in total. The number of amides is 3. The van der Waals surface area contributed by atoms with E-state index in [0.29, 0.717) is 6.42 Å². The molecule has 3 amide bonds. The third-order valence-electron chi connectivity index (χ3n) is 7.62. The van der Waals surface area contributed by atoms with Gasteiger partial charge in [0.25, 0.3) is 0 Å². The number of ether oxygens (including phenoxy) is 2. The van der Waals surface area contributed by atoms with Crippen LogP contribution in [-0.4, -0.2) is 77.3 Å². The second-order valence-corrected chi connectivity index (χ2v) is 11.9. The highest BCUT2D eigenvalue weighted by Crippen LogP contribution is 2.45. The Balaban J connectivity index is 1.82. The minimum absolute atomic E-state index is 0.0311. The first-order valence-corrected chi connectivity index (χ1v) is 13.9. The molecule has 3 fully saturated rings. The van der Waals surface area contributed by atoms with Crippen molar-refractivity contribution in [3.63, 3.8) is 0 Å². The smallest absolute Gasteiger partial charge is 0.408 e. The fourth-order valence-corrected chi connectivity index (χ4v) is 5.74. The molecule has 1 saturated heterocycles. The standard InChI is InChI=1S/C26H38BrN3O7/c1-6-16-12-26(16,23(34)36-5)29-21(32)18-11-15(19(31)13-27)14-30(18)22(33)20(25(2,3)4)28-24(35)37-17-9-7-8-10-17/h6,15-18,20H,1,7-14H2,2-5H3,(H,28,35)(H,29,32)/t15-,16-,18+,20-,26-/m1/s1. The first-order chi connectivity index (χ1) is 17.4. The van der Waals surface area contributed by atoms with Crippen molar-refractivity contribution in [2.45, 2.75) is 83.0 Å². The van der Waals surface area contributed by atoms with Crippen molar-refractivity contribution < 1.29 is 33.4 Å². The summed E-state index contributed by atoms with van der Waals surface area (Å²) in [5.41, 5.74) is -1.94. The first-order valence-electron chi connectivity index (χ1n) is 12.8. The van der Waals surface area contributed by atoms with Crippen LogP contribution in [0, 0.1) is 17.3 Å². The number of hydrogen-bond acceptors (Lipinski definition) is 7. The summed E-state index contributed by atoms with van der Waals surface area (Å²) in [7, 11) is 1.25. The molecule has 1 aliphatic heterocycles. The lowest BCUT2D eigenvalue weighted by atomic mass is 9.85. The predicted molar refractivity (Wildman–Crippen MR) is 139 cm³/mol. The van der Waals surface area contributed by atoms with Crippen LogP contribution in [0.2, 0.25) is 0 Å². The van der Waals surface area contributed by atoms with Crippen molar-refractivity contribution in [1.82, 2.24) is 15.5 Å². The molecule has 0 aromatic rings. The first kappa shape index (κ1) is 29.1. The van der Waals surface area contributed by atoms with Crippen molar-refractivity contribution in [3.8, 4) is 0 Å². The number of alkyl halides is 1. The average molecular weight is 585 g/mol. The van der Waals surface area contributed by atoms with Crippen molar-refractivity contribution in [3.05, 3.63) is 12.7 Å². The van der Waals surface area contributed by atoms with E-state index in [1.165, 1.54) is 12.0 Å². The molecular weight excluding hydrogens is 546 g/mol. The van der Waals surface area contributed by atoms with Gasteiger partial charge in [-0.3, -0.25) is 14.4 Å². The van der Waals surface area contributed by atoms with Gasteiger partial charge in [0.05, 0.1) is 12.4 Å². The number of carbonyl (C=O) groups excluding carboxylic acids is 5. The number of nitrogens with one attached hydrogen (secondary N) is 2. The lowest BCUT2D eigenvalue weighted by Crippen LogP contribution is -2.59. The van der Waals surface area contributed by atoms with E-state index in [-0.39, 0.29) is 36.1 Å². The highest BCUT2D eigenvalue weighted by Gasteiger charge is 2.62. The van der Waals surface area contributed by atoms with Gasteiger partial charge >= 0.3 is 12.1 Å². The van der Waals surface area contributed by atoms with Crippen LogP contribution in [0.3, 0.4) is 0 Å². The SMILES string of the molecule is C=C[C@@H]1C[C@]1(NC(=O)[C@@H]1C[C@@H](C(=O)CBr)CN1C(=O)[C@@H](NC(=O)OC1CCCC1)C(C)(C)C)C(=O)OC. The Bertz CT molecular complexity index is 943. The maximum Gasteiger partial charge on any atom is 0.408 e. The molecule has 206 valence electrons. The molecule has 2 saturated carbocycles. The quantitative estimate of drug-likeness (QED) is 0.242. The Morgan fingerprint density at radius 3 is 2.35 bits per heavy atom. The Labute approximate surface area is 226 Å². The van der Waals surface area contributed by atoms with Gasteiger partial charge in [0, 0.05) is 18.4 Å². The number of esters is 1. The number of alkyl carbamates (subject to hydrolysis) is 1. The van der Waals surface area contributed by atoms with E-state index in [1.54, 1.807) is 6.08 Å². The van der Waals surface area contributed by atoms with Crippen LogP contribution >= 0.6 is 15.9 Å². The number of halogens is 1. The minimum Gasteiger partial charge on any atom is -0.467 e. The third kappa shape index (κ3) is 6.35. The van der Waals surface area contributed by atoms with E-state index >= 15 is 0 Å². The molecule has 11 heteroatoms. The maximum atomic E-state index is 13.9. The average Bonchev–Trinajstić information content (AvgIpc) is 3.18. The van der Waals surface area contributed by atoms with Crippen molar-refractivity contribution >= 4 is 45.6 Å².